The molecule has 164 valence electrons. The van der Waals surface area contributed by atoms with Crippen molar-refractivity contribution in [2.24, 2.45) is 22.2 Å². The number of hydrogen-bond acceptors (Lipinski definition) is 0. The van der Waals surface area contributed by atoms with Gasteiger partial charge in [0.1, 0.15) is 0 Å². The second-order valence-corrected chi connectivity index (χ2v) is 10.7. The van der Waals surface area contributed by atoms with Gasteiger partial charge >= 0.3 is 0 Å². The van der Waals surface area contributed by atoms with Crippen molar-refractivity contribution in [3.63, 3.8) is 0 Å². The molecule has 0 N–H and O–H groups in total. The molecule has 0 aromatic heterocycles. The lowest BCUT2D eigenvalue weighted by Gasteiger charge is -2.62. The van der Waals surface area contributed by atoms with E-state index in [1.807, 2.05) is 0 Å². The predicted molar refractivity (Wildman–Crippen MR) is 138 cm³/mol. The van der Waals surface area contributed by atoms with Crippen molar-refractivity contribution < 1.29 is 0 Å². The Bertz CT molecular complexity index is 1180. The van der Waals surface area contributed by atoms with Crippen molar-refractivity contribution in [3.8, 4) is 35.5 Å². The van der Waals surface area contributed by atoms with Crippen LogP contribution in [0.15, 0.2) is 91.0 Å². The Morgan fingerprint density at radius 2 is 0.735 bits per heavy atom. The first-order chi connectivity index (χ1) is 16.6. The van der Waals surface area contributed by atoms with Crippen molar-refractivity contribution in [1.29, 1.82) is 0 Å². The van der Waals surface area contributed by atoms with Gasteiger partial charge in [-0.25, -0.2) is 0 Å². The topological polar surface area (TPSA) is 0 Å². The number of hydrogen-bond donors (Lipinski definition) is 0. The molecule has 0 amide bonds. The second-order valence-electron chi connectivity index (χ2n) is 10.7. The SMILES string of the molecule is C(#CC12CC3CC(C#Cc4ccccc4)(C1)CC(C#Cc1ccccc1)(C3)C2)c1ccccc1. The molecule has 0 spiro atoms. The molecule has 3 aromatic carbocycles. The monoisotopic (exact) mass is 436 g/mol. The first kappa shape index (κ1) is 20.9. The zero-order valence-corrected chi connectivity index (χ0v) is 19.5. The highest BCUT2D eigenvalue weighted by Crippen LogP contribution is 2.69. The third kappa shape index (κ3) is 4.16. The normalized spacial score (nSPS) is 30.2. The standard InChI is InChI=1S/C34H28/c1-4-10-28(11-5-1)16-19-32-22-31-23-33(25-32,20-17-29-12-6-2-7-13-29)27-34(24-31,26-32)21-18-30-14-8-3-9-15-30/h1-15,31H,22-27H2. The second kappa shape index (κ2) is 8.28. The van der Waals surface area contributed by atoms with E-state index in [9.17, 15) is 0 Å². The highest BCUT2D eigenvalue weighted by atomic mass is 14.6. The Labute approximate surface area is 203 Å². The summed E-state index contributed by atoms with van der Waals surface area (Å²) < 4.78 is 0. The molecular weight excluding hydrogens is 408 g/mol. The largest absolute Gasteiger partial charge is 0.0910 e. The van der Waals surface area contributed by atoms with Crippen molar-refractivity contribution in [2.75, 3.05) is 0 Å². The highest BCUT2D eigenvalue weighted by Gasteiger charge is 2.62. The van der Waals surface area contributed by atoms with Crippen LogP contribution in [-0.4, -0.2) is 0 Å². The fraction of sp³-hybridized carbons (Fsp3) is 0.294. The van der Waals surface area contributed by atoms with Crippen molar-refractivity contribution in [1.82, 2.24) is 0 Å². The van der Waals surface area contributed by atoms with E-state index in [1.165, 1.54) is 19.3 Å². The van der Waals surface area contributed by atoms with Gasteiger partial charge in [0.25, 0.3) is 0 Å². The molecule has 0 heterocycles. The van der Waals surface area contributed by atoms with E-state index in [2.05, 4.69) is 127 Å². The molecule has 0 saturated heterocycles. The maximum absolute atomic E-state index is 3.80. The van der Waals surface area contributed by atoms with Crippen LogP contribution in [0.1, 0.15) is 55.2 Å². The van der Waals surface area contributed by atoms with Crippen LogP contribution >= 0.6 is 0 Å². The Morgan fingerprint density at radius 1 is 0.441 bits per heavy atom. The maximum Gasteiger partial charge on any atom is 0.0350 e. The van der Waals surface area contributed by atoms with Crippen LogP contribution in [0.5, 0.6) is 0 Å². The molecular formula is C34H28. The molecule has 7 rings (SSSR count). The van der Waals surface area contributed by atoms with E-state index in [-0.39, 0.29) is 16.2 Å². The Morgan fingerprint density at radius 3 is 1.03 bits per heavy atom. The molecule has 34 heavy (non-hydrogen) atoms. The zero-order chi connectivity index (χ0) is 22.9. The molecule has 4 aliphatic carbocycles. The van der Waals surface area contributed by atoms with Crippen LogP contribution < -0.4 is 0 Å². The van der Waals surface area contributed by atoms with E-state index in [4.69, 9.17) is 0 Å². The number of benzene rings is 3. The lowest BCUT2D eigenvalue weighted by Crippen LogP contribution is -2.55. The molecule has 0 nitrogen and oxygen atoms in total. The summed E-state index contributed by atoms with van der Waals surface area (Å²) in [5.41, 5.74) is 3.33. The predicted octanol–water partition coefficient (Wildman–Crippen LogP) is 7.10. The Balaban J connectivity index is 1.42. The molecule has 0 unspecified atom stereocenters. The van der Waals surface area contributed by atoms with Crippen LogP contribution in [0.4, 0.5) is 0 Å². The average Bonchev–Trinajstić information content (AvgIpc) is 2.87. The van der Waals surface area contributed by atoms with E-state index in [1.54, 1.807) is 0 Å². The molecule has 4 aliphatic rings. The molecule has 4 bridgehead atoms. The van der Waals surface area contributed by atoms with Gasteiger partial charge < -0.3 is 0 Å². The Hall–Kier alpha value is -3.66. The minimum atomic E-state index is 0.00595. The Kier molecular flexibility index (Phi) is 5.09. The zero-order valence-electron chi connectivity index (χ0n) is 19.5. The summed E-state index contributed by atoms with van der Waals surface area (Å²) in [5.74, 6) is 22.7. The average molecular weight is 437 g/mol. The van der Waals surface area contributed by atoms with Crippen molar-refractivity contribution in [3.05, 3.63) is 108 Å². The fourth-order valence-corrected chi connectivity index (χ4v) is 7.03. The van der Waals surface area contributed by atoms with Gasteiger partial charge in [-0.05, 0) is 80.8 Å². The van der Waals surface area contributed by atoms with Gasteiger partial charge in [-0.1, -0.05) is 90.1 Å². The first-order valence-corrected chi connectivity index (χ1v) is 12.4. The molecule has 0 radical (unpaired) electrons. The minimum Gasteiger partial charge on any atom is -0.0910 e. The minimum absolute atomic E-state index is 0.00595. The third-order valence-electron chi connectivity index (χ3n) is 7.81. The van der Waals surface area contributed by atoms with Gasteiger partial charge in [0.15, 0.2) is 0 Å². The summed E-state index contributed by atoms with van der Waals surface area (Å²) in [6.07, 6.45) is 6.80. The van der Waals surface area contributed by atoms with Crippen LogP contribution in [0.3, 0.4) is 0 Å². The van der Waals surface area contributed by atoms with Gasteiger partial charge in [-0.15, -0.1) is 0 Å². The fourth-order valence-electron chi connectivity index (χ4n) is 7.03. The lowest BCUT2D eigenvalue weighted by molar-refractivity contribution is -0.0837. The van der Waals surface area contributed by atoms with E-state index in [0.29, 0.717) is 5.92 Å². The third-order valence-corrected chi connectivity index (χ3v) is 7.81. The van der Waals surface area contributed by atoms with Gasteiger partial charge in [0.2, 0.25) is 0 Å². The smallest absolute Gasteiger partial charge is 0.0350 e. The molecule has 4 saturated carbocycles. The van der Waals surface area contributed by atoms with Gasteiger partial charge in [-0.3, -0.25) is 0 Å². The van der Waals surface area contributed by atoms with Gasteiger partial charge in [-0.2, -0.15) is 0 Å². The number of rotatable bonds is 0. The van der Waals surface area contributed by atoms with Crippen LogP contribution in [-0.2, 0) is 0 Å². The van der Waals surface area contributed by atoms with Crippen molar-refractivity contribution >= 4 is 0 Å². The van der Waals surface area contributed by atoms with Gasteiger partial charge in [0.05, 0.1) is 0 Å². The maximum atomic E-state index is 3.80. The first-order valence-electron chi connectivity index (χ1n) is 12.4. The molecule has 0 aliphatic heterocycles. The summed E-state index contributed by atoms with van der Waals surface area (Å²) in [5, 5.41) is 0. The summed E-state index contributed by atoms with van der Waals surface area (Å²) in [6.45, 7) is 0. The lowest BCUT2D eigenvalue weighted by atomic mass is 9.40. The molecule has 0 atom stereocenters. The van der Waals surface area contributed by atoms with E-state index in [0.717, 1.165) is 36.0 Å². The van der Waals surface area contributed by atoms with E-state index < -0.39 is 0 Å². The van der Waals surface area contributed by atoms with Gasteiger partial charge in [0, 0.05) is 32.9 Å². The van der Waals surface area contributed by atoms with Crippen molar-refractivity contribution in [2.45, 2.75) is 38.5 Å². The molecule has 0 heteroatoms. The molecule has 3 aromatic rings. The summed E-state index contributed by atoms with van der Waals surface area (Å²) in [6, 6.07) is 31.3. The highest BCUT2D eigenvalue weighted by molar-refractivity contribution is 5.43. The van der Waals surface area contributed by atoms with Crippen LogP contribution in [0, 0.1) is 57.7 Å². The quantitative estimate of drug-likeness (QED) is 0.330. The summed E-state index contributed by atoms with van der Waals surface area (Å²) in [7, 11) is 0. The molecule has 4 fully saturated rings. The van der Waals surface area contributed by atoms with Crippen LogP contribution in [0.2, 0.25) is 0 Å². The van der Waals surface area contributed by atoms with E-state index >= 15 is 0 Å². The summed E-state index contributed by atoms with van der Waals surface area (Å²) in [4.78, 5) is 0. The summed E-state index contributed by atoms with van der Waals surface area (Å²) >= 11 is 0. The van der Waals surface area contributed by atoms with Crippen LogP contribution in [0.25, 0.3) is 0 Å².